The van der Waals surface area contributed by atoms with Gasteiger partial charge >= 0.3 is 11.9 Å². The predicted octanol–water partition coefficient (Wildman–Crippen LogP) is 3.90. The Kier molecular flexibility index (Phi) is 7.86. The molecule has 2 aromatic heterocycles. The smallest absolute Gasteiger partial charge is 0.342 e. The van der Waals surface area contributed by atoms with Crippen LogP contribution in [-0.2, 0) is 9.47 Å². The molecular weight excluding hydrogens is 403 g/mol. The molecule has 2 heterocycles. The Morgan fingerprint density at radius 1 is 0.867 bits per heavy atom. The number of pyridine rings is 2. The summed E-state index contributed by atoms with van der Waals surface area (Å²) in [5.41, 5.74) is 0.0361. The van der Waals surface area contributed by atoms with Crippen LogP contribution in [0.2, 0.25) is 0 Å². The SMILES string of the molecule is COC(=O)c1cccnc1F.COC(=O)c1cccnc1Nc1ccc(F)cc1F. The number of carbonyl (C=O) groups is 2. The fraction of sp³-hybridized carbons (Fsp3) is 0.100. The van der Waals surface area contributed by atoms with E-state index in [1.54, 1.807) is 6.07 Å². The van der Waals surface area contributed by atoms with Gasteiger partial charge in [-0.2, -0.15) is 4.39 Å². The summed E-state index contributed by atoms with van der Waals surface area (Å²) in [7, 11) is 2.42. The van der Waals surface area contributed by atoms with Gasteiger partial charge in [-0.3, -0.25) is 0 Å². The summed E-state index contributed by atoms with van der Waals surface area (Å²) < 4.78 is 47.8. The molecule has 0 bridgehead atoms. The fourth-order valence-electron chi connectivity index (χ4n) is 2.15. The molecule has 0 aliphatic carbocycles. The number of hydrogen-bond acceptors (Lipinski definition) is 7. The molecule has 30 heavy (non-hydrogen) atoms. The molecular formula is C20H16F3N3O4. The first kappa shape index (κ1) is 22.3. The van der Waals surface area contributed by atoms with E-state index in [-0.39, 0.29) is 22.6 Å². The number of halogens is 3. The Bertz CT molecular complexity index is 1050. The Morgan fingerprint density at radius 2 is 1.47 bits per heavy atom. The van der Waals surface area contributed by atoms with Crippen molar-refractivity contribution in [2.75, 3.05) is 19.5 Å². The Labute approximate surface area is 169 Å². The highest BCUT2D eigenvalue weighted by Crippen LogP contribution is 2.22. The first-order valence-corrected chi connectivity index (χ1v) is 8.31. The largest absolute Gasteiger partial charge is 0.465 e. The summed E-state index contributed by atoms with van der Waals surface area (Å²) in [5, 5.41) is 2.63. The molecule has 0 unspecified atom stereocenters. The molecule has 0 fully saturated rings. The zero-order chi connectivity index (χ0) is 22.1. The van der Waals surface area contributed by atoms with Crippen LogP contribution in [0.5, 0.6) is 0 Å². The van der Waals surface area contributed by atoms with E-state index in [1.165, 1.54) is 50.9 Å². The maximum atomic E-state index is 13.5. The lowest BCUT2D eigenvalue weighted by Crippen LogP contribution is -2.07. The molecule has 156 valence electrons. The van der Waals surface area contributed by atoms with Gasteiger partial charge in [0.25, 0.3) is 0 Å². The van der Waals surface area contributed by atoms with Gasteiger partial charge in [0.2, 0.25) is 5.95 Å². The van der Waals surface area contributed by atoms with Gasteiger partial charge in [0.15, 0.2) is 0 Å². The molecule has 7 nitrogen and oxygen atoms in total. The monoisotopic (exact) mass is 419 g/mol. The lowest BCUT2D eigenvalue weighted by molar-refractivity contribution is 0.0588. The number of carbonyl (C=O) groups excluding carboxylic acids is 2. The number of nitrogens with zero attached hydrogens (tertiary/aromatic N) is 2. The summed E-state index contributed by atoms with van der Waals surface area (Å²) in [4.78, 5) is 29.5. The number of hydrogen-bond donors (Lipinski definition) is 1. The minimum absolute atomic E-state index is 0.0188. The van der Waals surface area contributed by atoms with Crippen molar-refractivity contribution >= 4 is 23.4 Å². The summed E-state index contributed by atoms with van der Waals surface area (Å²) >= 11 is 0. The number of benzene rings is 1. The van der Waals surface area contributed by atoms with Crippen LogP contribution in [0.4, 0.5) is 24.7 Å². The van der Waals surface area contributed by atoms with Crippen molar-refractivity contribution < 1.29 is 32.2 Å². The van der Waals surface area contributed by atoms with Gasteiger partial charge in [-0.25, -0.2) is 28.3 Å². The first-order valence-electron chi connectivity index (χ1n) is 8.31. The summed E-state index contributed by atoms with van der Waals surface area (Å²) in [6.45, 7) is 0. The second kappa shape index (κ2) is 10.6. The second-order valence-electron chi connectivity index (χ2n) is 5.47. The number of anilines is 2. The van der Waals surface area contributed by atoms with E-state index >= 15 is 0 Å². The molecule has 0 radical (unpaired) electrons. The fourth-order valence-corrected chi connectivity index (χ4v) is 2.15. The van der Waals surface area contributed by atoms with Gasteiger partial charge in [0, 0.05) is 18.5 Å². The van der Waals surface area contributed by atoms with Gasteiger partial charge in [0.1, 0.15) is 28.6 Å². The highest BCUT2D eigenvalue weighted by Gasteiger charge is 2.14. The molecule has 0 aliphatic heterocycles. The van der Waals surface area contributed by atoms with Crippen molar-refractivity contribution in [2.45, 2.75) is 0 Å². The molecule has 0 aliphatic rings. The minimum Gasteiger partial charge on any atom is -0.465 e. The van der Waals surface area contributed by atoms with Crippen molar-refractivity contribution in [1.82, 2.24) is 9.97 Å². The Balaban J connectivity index is 0.000000248. The molecule has 0 atom stereocenters. The van der Waals surface area contributed by atoms with E-state index in [4.69, 9.17) is 0 Å². The summed E-state index contributed by atoms with van der Waals surface area (Å²) in [6, 6.07) is 8.89. The predicted molar refractivity (Wildman–Crippen MR) is 101 cm³/mol. The molecule has 0 saturated carbocycles. The number of esters is 2. The molecule has 3 aromatic rings. The van der Waals surface area contributed by atoms with E-state index in [0.29, 0.717) is 0 Å². The molecule has 1 aromatic carbocycles. The minimum atomic E-state index is -0.806. The third kappa shape index (κ3) is 5.77. The molecule has 3 rings (SSSR count). The van der Waals surface area contributed by atoms with Gasteiger partial charge in [-0.1, -0.05) is 0 Å². The average molecular weight is 419 g/mol. The summed E-state index contributed by atoms with van der Waals surface area (Å²) in [5.74, 6) is -3.44. The van der Waals surface area contributed by atoms with E-state index in [9.17, 15) is 22.8 Å². The van der Waals surface area contributed by atoms with Crippen LogP contribution >= 0.6 is 0 Å². The number of aromatic nitrogens is 2. The molecule has 1 N–H and O–H groups in total. The standard InChI is InChI=1S/C13H10F2N2O2.C7H6FNO2/c1-19-13(18)9-3-2-6-16-12(9)17-11-5-4-8(14)7-10(11)15;1-11-7(10)5-3-2-4-9-6(5)8/h2-7H,1H3,(H,16,17);2-4H,1H3. The van der Waals surface area contributed by atoms with Crippen LogP contribution in [0.15, 0.2) is 54.9 Å². The van der Waals surface area contributed by atoms with E-state index < -0.39 is 29.5 Å². The van der Waals surface area contributed by atoms with E-state index in [1.807, 2.05) is 0 Å². The maximum absolute atomic E-state index is 13.5. The second-order valence-corrected chi connectivity index (χ2v) is 5.47. The number of nitrogens with one attached hydrogen (secondary N) is 1. The average Bonchev–Trinajstić information content (AvgIpc) is 2.76. The number of ether oxygens (including phenoxy) is 2. The van der Waals surface area contributed by atoms with Crippen LogP contribution in [0.1, 0.15) is 20.7 Å². The zero-order valence-corrected chi connectivity index (χ0v) is 15.9. The summed E-state index contributed by atoms with van der Waals surface area (Å²) in [6.07, 6.45) is 2.71. The highest BCUT2D eigenvalue weighted by molar-refractivity contribution is 5.95. The van der Waals surface area contributed by atoms with Gasteiger partial charge in [0.05, 0.1) is 19.9 Å². The van der Waals surface area contributed by atoms with Crippen molar-refractivity contribution in [3.63, 3.8) is 0 Å². The van der Waals surface area contributed by atoms with Crippen LogP contribution in [-0.4, -0.2) is 36.1 Å². The van der Waals surface area contributed by atoms with Crippen molar-refractivity contribution in [3.8, 4) is 0 Å². The topological polar surface area (TPSA) is 90.4 Å². The molecule has 0 amide bonds. The van der Waals surface area contributed by atoms with Crippen molar-refractivity contribution in [3.05, 3.63) is 83.6 Å². The highest BCUT2D eigenvalue weighted by atomic mass is 19.1. The van der Waals surface area contributed by atoms with E-state index in [0.717, 1.165) is 12.1 Å². The third-order valence-electron chi connectivity index (χ3n) is 3.56. The Hall–Kier alpha value is -3.95. The van der Waals surface area contributed by atoms with Crippen LogP contribution < -0.4 is 5.32 Å². The van der Waals surface area contributed by atoms with Gasteiger partial charge < -0.3 is 14.8 Å². The van der Waals surface area contributed by atoms with Crippen molar-refractivity contribution in [1.29, 1.82) is 0 Å². The van der Waals surface area contributed by atoms with E-state index in [2.05, 4.69) is 24.8 Å². The Morgan fingerprint density at radius 3 is 2.07 bits per heavy atom. The number of methoxy groups -OCH3 is 2. The third-order valence-corrected chi connectivity index (χ3v) is 3.56. The van der Waals surface area contributed by atoms with Crippen LogP contribution in [0, 0.1) is 17.6 Å². The van der Waals surface area contributed by atoms with Crippen LogP contribution in [0.3, 0.4) is 0 Å². The molecule has 0 saturated heterocycles. The van der Waals surface area contributed by atoms with Crippen LogP contribution in [0.25, 0.3) is 0 Å². The van der Waals surface area contributed by atoms with Gasteiger partial charge in [-0.15, -0.1) is 0 Å². The number of rotatable bonds is 4. The normalized spacial score (nSPS) is 9.77. The quantitative estimate of drug-likeness (QED) is 0.507. The first-order chi connectivity index (χ1) is 14.4. The van der Waals surface area contributed by atoms with Gasteiger partial charge in [-0.05, 0) is 36.4 Å². The van der Waals surface area contributed by atoms with Crippen molar-refractivity contribution in [2.24, 2.45) is 0 Å². The molecule has 10 heteroatoms. The lowest BCUT2D eigenvalue weighted by Gasteiger charge is -2.10. The molecule has 0 spiro atoms. The zero-order valence-electron chi connectivity index (χ0n) is 15.9. The lowest BCUT2D eigenvalue weighted by atomic mass is 10.2. The maximum Gasteiger partial charge on any atom is 0.342 e.